The Bertz CT molecular complexity index is 2350. The van der Waals surface area contributed by atoms with Gasteiger partial charge in [0.25, 0.3) is 0 Å². The first-order valence-electron chi connectivity index (χ1n) is 23.6. The van der Waals surface area contributed by atoms with E-state index in [0.29, 0.717) is 11.5 Å². The largest absolute Gasteiger partial charge is 0.508 e. The topological polar surface area (TPSA) is 92.3 Å². The van der Waals surface area contributed by atoms with Crippen LogP contribution in [0.3, 0.4) is 0 Å². The Kier molecular flexibility index (Phi) is 12.3. The highest BCUT2D eigenvalue weighted by Crippen LogP contribution is 2.55. The van der Waals surface area contributed by atoms with Crippen LogP contribution < -0.4 is 0 Å². The number of fused-ring (bicyclic) bond motifs is 2. The van der Waals surface area contributed by atoms with Crippen LogP contribution in [0.4, 0.5) is 0 Å². The molecule has 2 heterocycles. The molecule has 7 aromatic rings. The van der Waals surface area contributed by atoms with Crippen molar-refractivity contribution in [3.05, 3.63) is 137 Å². The van der Waals surface area contributed by atoms with Gasteiger partial charge in [0, 0.05) is 49.7 Å². The molecule has 316 valence electrons. The van der Waals surface area contributed by atoms with Crippen LogP contribution in [0, 0.1) is 0 Å². The molecule has 5 N–H and O–H groups in total. The van der Waals surface area contributed by atoms with Crippen molar-refractivity contribution in [2.45, 2.75) is 140 Å². The van der Waals surface area contributed by atoms with Gasteiger partial charge in [-0.3, -0.25) is 0 Å². The highest BCUT2D eigenvalue weighted by atomic mass is 16.3. The lowest BCUT2D eigenvalue weighted by Crippen LogP contribution is -2.32. The SMILES string of the molecule is CCCCCCCCCC(c1ccc(O)cc1)(c1cc(C2CCCCC2)c(O)cc1-c1cc2ccccc2[nH]1)c1cc(C2CCCCC2)c(O)cc1-c1cc2ccccc2[nH]1. The summed E-state index contributed by atoms with van der Waals surface area (Å²) in [4.78, 5) is 7.60. The van der Waals surface area contributed by atoms with Crippen molar-refractivity contribution in [1.82, 2.24) is 9.97 Å². The number of nitrogens with one attached hydrogen (secondary N) is 2. The summed E-state index contributed by atoms with van der Waals surface area (Å²) in [7, 11) is 0. The van der Waals surface area contributed by atoms with Gasteiger partial charge in [0.05, 0.1) is 0 Å². The van der Waals surface area contributed by atoms with Gasteiger partial charge in [0.1, 0.15) is 17.2 Å². The minimum Gasteiger partial charge on any atom is -0.508 e. The van der Waals surface area contributed by atoms with E-state index in [-0.39, 0.29) is 17.6 Å². The predicted molar refractivity (Wildman–Crippen MR) is 253 cm³/mol. The van der Waals surface area contributed by atoms with Crippen LogP contribution in [-0.2, 0) is 5.41 Å². The highest BCUT2D eigenvalue weighted by Gasteiger charge is 2.42. The molecule has 5 heteroatoms. The molecule has 0 bridgehead atoms. The van der Waals surface area contributed by atoms with Crippen LogP contribution in [0.5, 0.6) is 17.2 Å². The summed E-state index contributed by atoms with van der Waals surface area (Å²) in [5.41, 5.74) is 10.8. The van der Waals surface area contributed by atoms with Crippen molar-refractivity contribution in [2.24, 2.45) is 0 Å². The third kappa shape index (κ3) is 8.33. The summed E-state index contributed by atoms with van der Waals surface area (Å²) in [5, 5.41) is 37.7. The average molecular weight is 813 g/mol. The Morgan fingerprint density at radius 3 is 1.44 bits per heavy atom. The molecule has 2 saturated carbocycles. The second-order valence-corrected chi connectivity index (χ2v) is 18.4. The number of para-hydroxylation sites is 2. The summed E-state index contributed by atoms with van der Waals surface area (Å²) in [6.45, 7) is 2.28. The second kappa shape index (κ2) is 18.3. The minimum atomic E-state index is -0.745. The van der Waals surface area contributed by atoms with E-state index >= 15 is 0 Å². The number of aromatic hydroxyl groups is 3. The molecule has 0 amide bonds. The Labute approximate surface area is 362 Å². The molecule has 5 nitrogen and oxygen atoms in total. The maximum atomic E-state index is 12.2. The summed E-state index contributed by atoms with van der Waals surface area (Å²) >= 11 is 0. The first-order chi connectivity index (χ1) is 29.9. The molecule has 0 radical (unpaired) electrons. The van der Waals surface area contributed by atoms with Crippen LogP contribution in [0.1, 0.15) is 162 Å². The van der Waals surface area contributed by atoms with Crippen LogP contribution in [0.15, 0.2) is 109 Å². The van der Waals surface area contributed by atoms with Crippen molar-refractivity contribution in [3.63, 3.8) is 0 Å². The van der Waals surface area contributed by atoms with Crippen molar-refractivity contribution in [1.29, 1.82) is 0 Å². The highest BCUT2D eigenvalue weighted by molar-refractivity contribution is 5.90. The van der Waals surface area contributed by atoms with Gasteiger partial charge in [-0.2, -0.15) is 0 Å². The van der Waals surface area contributed by atoms with E-state index in [1.54, 1.807) is 0 Å². The van der Waals surface area contributed by atoms with E-state index in [1.807, 2.05) is 12.1 Å². The van der Waals surface area contributed by atoms with E-state index in [2.05, 4.69) is 114 Å². The van der Waals surface area contributed by atoms with E-state index in [4.69, 9.17) is 0 Å². The fourth-order valence-corrected chi connectivity index (χ4v) is 11.2. The van der Waals surface area contributed by atoms with Crippen molar-refractivity contribution < 1.29 is 15.3 Å². The van der Waals surface area contributed by atoms with E-state index in [0.717, 1.165) is 143 Å². The molecule has 5 aromatic carbocycles. The second-order valence-electron chi connectivity index (χ2n) is 18.4. The Hall–Kier alpha value is -5.42. The zero-order chi connectivity index (χ0) is 41.8. The van der Waals surface area contributed by atoms with Crippen molar-refractivity contribution >= 4 is 21.8 Å². The van der Waals surface area contributed by atoms with Gasteiger partial charge in [-0.15, -0.1) is 0 Å². The lowest BCUT2D eigenvalue weighted by Gasteiger charge is -2.40. The zero-order valence-electron chi connectivity index (χ0n) is 36.1. The predicted octanol–water partition coefficient (Wildman–Crippen LogP) is 15.7. The quantitative estimate of drug-likeness (QED) is 0.0527. The molecule has 2 aromatic heterocycles. The number of rotatable bonds is 15. The minimum absolute atomic E-state index is 0.238. The Morgan fingerprint density at radius 2 is 0.967 bits per heavy atom. The maximum absolute atomic E-state index is 12.2. The number of unbranched alkanes of at least 4 members (excludes halogenated alkanes) is 6. The normalized spacial score (nSPS) is 15.6. The van der Waals surface area contributed by atoms with Crippen LogP contribution in [-0.4, -0.2) is 25.3 Å². The smallest absolute Gasteiger partial charge is 0.119 e. The standard InChI is InChI=1S/C56H64N2O3/c1-2-3-4-5-6-7-18-31-56(42-27-29-43(59)30-28-42,48-34-44(38-19-10-8-11-20-38)54(60)36-46(48)52-32-40-23-14-16-25-50(40)57-52)49-35-45(39-21-12-9-13-22-39)55(61)37-47(49)53-33-41-24-15-17-26-51(41)58-53/h14-17,23-30,32-39,57-61H,2-13,18-22,31H2,1H3. The van der Waals surface area contributed by atoms with Crippen molar-refractivity contribution in [2.75, 3.05) is 0 Å². The number of H-pyrrole nitrogens is 2. The van der Waals surface area contributed by atoms with Gasteiger partial charge >= 0.3 is 0 Å². The number of phenolic OH excluding ortho intramolecular Hbond substituents is 3. The molecule has 0 aliphatic heterocycles. The number of hydrogen-bond acceptors (Lipinski definition) is 3. The fourth-order valence-electron chi connectivity index (χ4n) is 11.2. The molecule has 61 heavy (non-hydrogen) atoms. The van der Waals surface area contributed by atoms with Crippen LogP contribution >= 0.6 is 0 Å². The number of benzene rings is 5. The molecular formula is C56H64N2O3. The van der Waals surface area contributed by atoms with E-state index in [1.165, 1.54) is 44.9 Å². The Balaban J connectivity index is 1.37. The summed E-state index contributed by atoms with van der Waals surface area (Å²) in [5.74, 6) is 1.51. The molecular weight excluding hydrogens is 749 g/mol. The Morgan fingerprint density at radius 1 is 0.508 bits per heavy atom. The average Bonchev–Trinajstić information content (AvgIpc) is 3.94. The summed E-state index contributed by atoms with van der Waals surface area (Å²) < 4.78 is 0. The maximum Gasteiger partial charge on any atom is 0.119 e. The number of aromatic amines is 2. The van der Waals surface area contributed by atoms with Gasteiger partial charge in [-0.1, -0.05) is 139 Å². The summed E-state index contributed by atoms with van der Waals surface area (Å²) in [6, 6.07) is 38.3. The van der Waals surface area contributed by atoms with Gasteiger partial charge < -0.3 is 25.3 Å². The zero-order valence-corrected chi connectivity index (χ0v) is 36.1. The number of aromatic nitrogens is 2. The molecule has 0 unspecified atom stereocenters. The lowest BCUT2D eigenvalue weighted by molar-refractivity contribution is 0.411. The monoisotopic (exact) mass is 812 g/mol. The third-order valence-electron chi connectivity index (χ3n) is 14.5. The molecule has 0 spiro atoms. The van der Waals surface area contributed by atoms with Gasteiger partial charge in [0.2, 0.25) is 0 Å². The molecule has 2 aliphatic rings. The fraction of sp³-hybridized carbons (Fsp3) is 0.393. The lowest BCUT2D eigenvalue weighted by atomic mass is 9.62. The first-order valence-corrected chi connectivity index (χ1v) is 23.6. The molecule has 2 fully saturated rings. The molecule has 0 atom stereocenters. The van der Waals surface area contributed by atoms with Gasteiger partial charge in [-0.25, -0.2) is 0 Å². The van der Waals surface area contributed by atoms with Gasteiger partial charge in [-0.05, 0) is 132 Å². The summed E-state index contributed by atoms with van der Waals surface area (Å²) in [6.07, 6.45) is 20.5. The third-order valence-corrected chi connectivity index (χ3v) is 14.5. The molecule has 9 rings (SSSR count). The van der Waals surface area contributed by atoms with Crippen LogP contribution in [0.2, 0.25) is 0 Å². The van der Waals surface area contributed by atoms with Crippen LogP contribution in [0.25, 0.3) is 44.3 Å². The molecule has 0 saturated heterocycles. The van der Waals surface area contributed by atoms with Crippen molar-refractivity contribution in [3.8, 4) is 39.8 Å². The molecule has 2 aliphatic carbocycles. The van der Waals surface area contributed by atoms with Gasteiger partial charge in [0.15, 0.2) is 0 Å². The van der Waals surface area contributed by atoms with E-state index < -0.39 is 5.41 Å². The first kappa shape index (κ1) is 41.0. The number of phenols is 3. The van der Waals surface area contributed by atoms with E-state index in [9.17, 15) is 15.3 Å². The number of hydrogen-bond donors (Lipinski definition) is 5.